The molecular weight excluding hydrogens is 276 g/mol. The molecule has 0 spiro atoms. The van der Waals surface area contributed by atoms with Crippen molar-refractivity contribution in [2.24, 2.45) is 11.8 Å². The van der Waals surface area contributed by atoms with Crippen molar-refractivity contribution < 1.29 is 9.84 Å². The van der Waals surface area contributed by atoms with Gasteiger partial charge in [0.25, 0.3) is 0 Å². The van der Waals surface area contributed by atoms with E-state index in [-0.39, 0.29) is 6.10 Å². The van der Waals surface area contributed by atoms with Gasteiger partial charge in [-0.3, -0.25) is 0 Å². The average Bonchev–Trinajstić information content (AvgIpc) is 3.03. The van der Waals surface area contributed by atoms with Gasteiger partial charge in [-0.1, -0.05) is 0 Å². The lowest BCUT2D eigenvalue weighted by molar-refractivity contribution is 0.174. The van der Waals surface area contributed by atoms with Crippen LogP contribution in [0.5, 0.6) is 5.75 Å². The summed E-state index contributed by atoms with van der Waals surface area (Å²) in [5, 5.41) is 11.0. The number of benzene rings is 1. The summed E-state index contributed by atoms with van der Waals surface area (Å²) in [5.74, 6) is 3.15. The number of nitrogens with zero attached hydrogens (tertiary/aromatic N) is 2. The molecule has 22 heavy (non-hydrogen) atoms. The number of aliphatic hydroxyl groups excluding tert-OH is 1. The molecule has 1 N–H and O–H groups in total. The Labute approximate surface area is 130 Å². The molecule has 0 radical (unpaired) electrons. The standard InChI is InChI=1S/C18H22N2O2/c1-11-5-18(19-17-8-15(22-2)3-4-16(11)17)20-9-12-6-14(21)7-13(12)10-20/h3-5,8,12-14,21H,6-7,9-10H2,1-2H3/t12-,13+,14?. The van der Waals surface area contributed by atoms with E-state index in [2.05, 4.69) is 24.0 Å². The monoisotopic (exact) mass is 298 g/mol. The number of aryl methyl sites for hydroxylation is 1. The van der Waals surface area contributed by atoms with Crippen LogP contribution in [0.3, 0.4) is 0 Å². The minimum atomic E-state index is -0.0901. The average molecular weight is 298 g/mol. The smallest absolute Gasteiger partial charge is 0.129 e. The number of rotatable bonds is 2. The number of anilines is 1. The quantitative estimate of drug-likeness (QED) is 0.926. The van der Waals surface area contributed by atoms with Crippen molar-refractivity contribution in [3.63, 3.8) is 0 Å². The lowest BCUT2D eigenvalue weighted by atomic mass is 10.0. The van der Waals surface area contributed by atoms with Gasteiger partial charge in [0.1, 0.15) is 11.6 Å². The zero-order valence-electron chi connectivity index (χ0n) is 13.1. The van der Waals surface area contributed by atoms with Gasteiger partial charge >= 0.3 is 0 Å². The molecule has 2 fully saturated rings. The number of methoxy groups -OCH3 is 1. The number of fused-ring (bicyclic) bond motifs is 2. The second-order valence-corrected chi connectivity index (χ2v) is 6.73. The minimum Gasteiger partial charge on any atom is -0.497 e. The third kappa shape index (κ3) is 2.22. The summed E-state index contributed by atoms with van der Waals surface area (Å²) in [5.41, 5.74) is 2.24. The summed E-state index contributed by atoms with van der Waals surface area (Å²) in [6.45, 7) is 4.17. The number of hydrogen-bond acceptors (Lipinski definition) is 4. The summed E-state index contributed by atoms with van der Waals surface area (Å²) < 4.78 is 5.32. The molecule has 4 nitrogen and oxygen atoms in total. The maximum Gasteiger partial charge on any atom is 0.129 e. The fourth-order valence-electron chi connectivity index (χ4n) is 4.11. The van der Waals surface area contributed by atoms with E-state index in [0.717, 1.165) is 43.0 Å². The summed E-state index contributed by atoms with van der Waals surface area (Å²) >= 11 is 0. The fraction of sp³-hybridized carbons (Fsp3) is 0.500. The van der Waals surface area contributed by atoms with Crippen LogP contribution in [0.15, 0.2) is 24.3 Å². The van der Waals surface area contributed by atoms with Crippen LogP contribution in [0.1, 0.15) is 18.4 Å². The van der Waals surface area contributed by atoms with Crippen molar-refractivity contribution in [1.82, 2.24) is 4.98 Å². The highest BCUT2D eigenvalue weighted by Crippen LogP contribution is 2.40. The van der Waals surface area contributed by atoms with Gasteiger partial charge in [-0.25, -0.2) is 4.98 Å². The van der Waals surface area contributed by atoms with Gasteiger partial charge in [-0.15, -0.1) is 0 Å². The number of pyridine rings is 1. The van der Waals surface area contributed by atoms with Crippen molar-refractivity contribution in [3.05, 3.63) is 29.8 Å². The van der Waals surface area contributed by atoms with E-state index in [1.165, 1.54) is 10.9 Å². The summed E-state index contributed by atoms with van der Waals surface area (Å²) in [4.78, 5) is 7.24. The molecule has 2 aliphatic rings. The lowest BCUT2D eigenvalue weighted by Crippen LogP contribution is -2.23. The first kappa shape index (κ1) is 13.8. The highest BCUT2D eigenvalue weighted by atomic mass is 16.5. The molecule has 4 rings (SSSR count). The molecule has 1 aromatic carbocycles. The first-order valence-electron chi connectivity index (χ1n) is 8.02. The number of hydrogen-bond donors (Lipinski definition) is 1. The summed E-state index contributed by atoms with van der Waals surface area (Å²) in [6.07, 6.45) is 1.80. The Bertz CT molecular complexity index is 702. The van der Waals surface area contributed by atoms with E-state index in [9.17, 15) is 5.11 Å². The van der Waals surface area contributed by atoms with E-state index >= 15 is 0 Å². The zero-order chi connectivity index (χ0) is 15.3. The SMILES string of the molecule is COc1ccc2c(C)cc(N3C[C@H]4CC(O)C[C@H]4C3)nc2c1. The van der Waals surface area contributed by atoms with Crippen LogP contribution < -0.4 is 9.64 Å². The van der Waals surface area contributed by atoms with Gasteiger partial charge in [0.2, 0.25) is 0 Å². The Morgan fingerprint density at radius 1 is 1.18 bits per heavy atom. The van der Waals surface area contributed by atoms with E-state index in [1.807, 2.05) is 12.1 Å². The zero-order valence-corrected chi connectivity index (χ0v) is 13.1. The van der Waals surface area contributed by atoms with Crippen molar-refractivity contribution in [3.8, 4) is 5.75 Å². The molecule has 116 valence electrons. The van der Waals surface area contributed by atoms with Gasteiger partial charge in [-0.2, -0.15) is 0 Å². The maximum absolute atomic E-state index is 9.79. The van der Waals surface area contributed by atoms with Crippen LogP contribution in [0.25, 0.3) is 10.9 Å². The Balaban J connectivity index is 1.68. The normalized spacial score (nSPS) is 27.4. The van der Waals surface area contributed by atoms with Crippen molar-refractivity contribution in [1.29, 1.82) is 0 Å². The number of ether oxygens (including phenoxy) is 1. The first-order chi connectivity index (χ1) is 10.6. The maximum atomic E-state index is 9.79. The molecular formula is C18H22N2O2. The lowest BCUT2D eigenvalue weighted by Gasteiger charge is -2.20. The molecule has 1 aliphatic carbocycles. The predicted molar refractivity (Wildman–Crippen MR) is 87.5 cm³/mol. The molecule has 4 heteroatoms. The highest BCUT2D eigenvalue weighted by molar-refractivity contribution is 5.85. The van der Waals surface area contributed by atoms with Crippen LogP contribution in [0.2, 0.25) is 0 Å². The highest BCUT2D eigenvalue weighted by Gasteiger charge is 2.40. The van der Waals surface area contributed by atoms with Crippen LogP contribution in [-0.2, 0) is 0 Å². The molecule has 1 aliphatic heterocycles. The van der Waals surface area contributed by atoms with Crippen molar-refractivity contribution in [2.75, 3.05) is 25.1 Å². The molecule has 0 amide bonds. The van der Waals surface area contributed by atoms with Gasteiger partial charge in [0.05, 0.1) is 18.7 Å². The van der Waals surface area contributed by atoms with Crippen LogP contribution in [0, 0.1) is 18.8 Å². The Morgan fingerprint density at radius 3 is 2.59 bits per heavy atom. The number of aromatic nitrogens is 1. The second-order valence-electron chi connectivity index (χ2n) is 6.73. The molecule has 1 saturated carbocycles. The second kappa shape index (κ2) is 5.13. The van der Waals surface area contributed by atoms with Gasteiger partial charge in [0.15, 0.2) is 0 Å². The van der Waals surface area contributed by atoms with Crippen molar-refractivity contribution in [2.45, 2.75) is 25.9 Å². The van der Waals surface area contributed by atoms with Crippen LogP contribution in [0.4, 0.5) is 5.82 Å². The topological polar surface area (TPSA) is 45.6 Å². The molecule has 2 aromatic rings. The molecule has 1 unspecified atom stereocenters. The van der Waals surface area contributed by atoms with Crippen LogP contribution >= 0.6 is 0 Å². The third-order valence-corrected chi connectivity index (χ3v) is 5.26. The van der Waals surface area contributed by atoms with E-state index in [4.69, 9.17) is 9.72 Å². The Morgan fingerprint density at radius 2 is 1.91 bits per heavy atom. The number of aliphatic hydroxyl groups is 1. The molecule has 1 aromatic heterocycles. The van der Waals surface area contributed by atoms with Crippen LogP contribution in [-0.4, -0.2) is 36.4 Å². The van der Waals surface area contributed by atoms with E-state index < -0.39 is 0 Å². The molecule has 1 saturated heterocycles. The van der Waals surface area contributed by atoms with Gasteiger partial charge < -0.3 is 14.7 Å². The van der Waals surface area contributed by atoms with E-state index in [1.54, 1.807) is 7.11 Å². The molecule has 3 atom stereocenters. The first-order valence-corrected chi connectivity index (χ1v) is 8.02. The summed E-state index contributed by atoms with van der Waals surface area (Å²) in [6, 6.07) is 8.26. The van der Waals surface area contributed by atoms with Crippen molar-refractivity contribution >= 4 is 16.7 Å². The minimum absolute atomic E-state index is 0.0901. The molecule has 2 heterocycles. The van der Waals surface area contributed by atoms with Gasteiger partial charge in [-0.05, 0) is 55.4 Å². The largest absolute Gasteiger partial charge is 0.497 e. The third-order valence-electron chi connectivity index (χ3n) is 5.26. The van der Waals surface area contributed by atoms with E-state index in [0.29, 0.717) is 11.8 Å². The summed E-state index contributed by atoms with van der Waals surface area (Å²) in [7, 11) is 1.69. The Hall–Kier alpha value is -1.81. The molecule has 0 bridgehead atoms. The Kier molecular flexibility index (Phi) is 3.22. The van der Waals surface area contributed by atoms with Gasteiger partial charge in [0, 0.05) is 24.5 Å². The fourth-order valence-corrected chi connectivity index (χ4v) is 4.11. The predicted octanol–water partition coefficient (Wildman–Crippen LogP) is 2.76.